The molecule has 0 aromatic heterocycles. The number of hydrogen-bond donors (Lipinski definition) is 0. The summed E-state index contributed by atoms with van der Waals surface area (Å²) >= 11 is 0. The zero-order chi connectivity index (χ0) is 9.35. The van der Waals surface area contributed by atoms with Gasteiger partial charge < -0.3 is 0 Å². The van der Waals surface area contributed by atoms with E-state index in [1.807, 2.05) is 0 Å². The smallest absolute Gasteiger partial charge is 0.0381 e. The first-order valence-electron chi connectivity index (χ1n) is 4.97. The van der Waals surface area contributed by atoms with Gasteiger partial charge in [-0.25, -0.2) is 0 Å². The second-order valence-electron chi connectivity index (χ2n) is 4.33. The molecule has 0 spiro atoms. The van der Waals surface area contributed by atoms with E-state index in [4.69, 9.17) is 0 Å². The molecular formula is C11H21N. The number of nitrogens with zero attached hydrogens (tertiary/aromatic N) is 1. The summed E-state index contributed by atoms with van der Waals surface area (Å²) in [5.41, 5.74) is 0.273. The first-order chi connectivity index (χ1) is 5.55. The Balaban J connectivity index is 2.68. The van der Waals surface area contributed by atoms with Crippen LogP contribution < -0.4 is 0 Å². The van der Waals surface area contributed by atoms with E-state index >= 15 is 0 Å². The van der Waals surface area contributed by atoms with Crippen LogP contribution in [0.2, 0.25) is 0 Å². The van der Waals surface area contributed by atoms with Gasteiger partial charge in [0, 0.05) is 17.6 Å². The Bertz CT molecular complexity index is 174. The second kappa shape index (κ2) is 3.21. The van der Waals surface area contributed by atoms with Gasteiger partial charge in [-0.2, -0.15) is 0 Å². The molecule has 0 N–H and O–H groups in total. The van der Waals surface area contributed by atoms with Gasteiger partial charge in [0.15, 0.2) is 0 Å². The molecule has 1 aliphatic rings. The minimum atomic E-state index is 0.273. The molecule has 0 aromatic rings. The van der Waals surface area contributed by atoms with Crippen LogP contribution in [0.25, 0.3) is 0 Å². The van der Waals surface area contributed by atoms with Crippen molar-refractivity contribution in [2.45, 2.75) is 58.2 Å². The zero-order valence-electron chi connectivity index (χ0n) is 8.80. The van der Waals surface area contributed by atoms with Crippen molar-refractivity contribution in [1.29, 1.82) is 0 Å². The molecule has 1 heterocycles. The first-order valence-corrected chi connectivity index (χ1v) is 4.97. The molecule has 1 aliphatic heterocycles. The van der Waals surface area contributed by atoms with Gasteiger partial charge in [0.1, 0.15) is 0 Å². The molecule has 0 saturated carbocycles. The van der Waals surface area contributed by atoms with Crippen LogP contribution >= 0.6 is 0 Å². The van der Waals surface area contributed by atoms with E-state index in [1.54, 1.807) is 0 Å². The summed E-state index contributed by atoms with van der Waals surface area (Å²) in [5.74, 6) is 0. The Morgan fingerprint density at radius 1 is 1.67 bits per heavy atom. The summed E-state index contributed by atoms with van der Waals surface area (Å²) in [4.78, 5) is 2.57. The minimum Gasteiger partial charge on any atom is -0.289 e. The highest BCUT2D eigenvalue weighted by molar-refractivity contribution is 5.13. The van der Waals surface area contributed by atoms with Crippen LogP contribution in [0.15, 0.2) is 12.7 Å². The normalized spacial score (nSPS) is 36.6. The monoisotopic (exact) mass is 167 g/mol. The van der Waals surface area contributed by atoms with Crippen molar-refractivity contribution < 1.29 is 0 Å². The van der Waals surface area contributed by atoms with Gasteiger partial charge in [0.2, 0.25) is 0 Å². The standard InChI is InChI=1S/C11H21N/c1-6-10-8-11(5,7-2)12(10)9(3)4/h7,9-10H,2,6,8H2,1,3-5H3. The van der Waals surface area contributed by atoms with Gasteiger partial charge in [-0.3, -0.25) is 4.90 Å². The quantitative estimate of drug-likeness (QED) is 0.584. The molecule has 0 amide bonds. The molecule has 1 rings (SSSR count). The van der Waals surface area contributed by atoms with E-state index in [0.717, 1.165) is 6.04 Å². The van der Waals surface area contributed by atoms with E-state index in [1.165, 1.54) is 12.8 Å². The van der Waals surface area contributed by atoms with E-state index in [9.17, 15) is 0 Å². The second-order valence-corrected chi connectivity index (χ2v) is 4.33. The highest BCUT2D eigenvalue weighted by atomic mass is 15.3. The summed E-state index contributed by atoms with van der Waals surface area (Å²) in [7, 11) is 0. The Hall–Kier alpha value is -0.300. The Morgan fingerprint density at radius 2 is 2.25 bits per heavy atom. The lowest BCUT2D eigenvalue weighted by Crippen LogP contribution is -2.65. The predicted molar refractivity (Wildman–Crippen MR) is 54.3 cm³/mol. The first kappa shape index (κ1) is 9.79. The Kier molecular flexibility index (Phi) is 2.62. The molecule has 0 bridgehead atoms. The van der Waals surface area contributed by atoms with E-state index in [0.29, 0.717) is 6.04 Å². The largest absolute Gasteiger partial charge is 0.289 e. The van der Waals surface area contributed by atoms with E-state index < -0.39 is 0 Å². The highest BCUT2D eigenvalue weighted by Crippen LogP contribution is 2.40. The third-order valence-electron chi connectivity index (χ3n) is 3.10. The molecular weight excluding hydrogens is 146 g/mol. The predicted octanol–water partition coefficient (Wildman–Crippen LogP) is 2.82. The van der Waals surface area contributed by atoms with Crippen LogP contribution in [0, 0.1) is 0 Å². The van der Waals surface area contributed by atoms with Gasteiger partial charge in [0.25, 0.3) is 0 Å². The summed E-state index contributed by atoms with van der Waals surface area (Å²) in [6.07, 6.45) is 4.64. The zero-order valence-corrected chi connectivity index (χ0v) is 8.80. The lowest BCUT2D eigenvalue weighted by Gasteiger charge is -2.57. The summed E-state index contributed by atoms with van der Waals surface area (Å²) in [6.45, 7) is 13.0. The molecule has 70 valence electrons. The van der Waals surface area contributed by atoms with Crippen molar-refractivity contribution in [3.63, 3.8) is 0 Å². The number of hydrogen-bond acceptors (Lipinski definition) is 1. The van der Waals surface area contributed by atoms with Gasteiger partial charge >= 0.3 is 0 Å². The average Bonchev–Trinajstić information content (AvgIpc) is 1.98. The summed E-state index contributed by atoms with van der Waals surface area (Å²) in [5, 5.41) is 0. The van der Waals surface area contributed by atoms with E-state index in [-0.39, 0.29) is 5.54 Å². The van der Waals surface area contributed by atoms with Crippen LogP contribution in [0.5, 0.6) is 0 Å². The SMILES string of the molecule is C=CC1(C)CC(CC)N1C(C)C. The molecule has 1 nitrogen and oxygen atoms in total. The lowest BCUT2D eigenvalue weighted by atomic mass is 9.77. The topological polar surface area (TPSA) is 3.24 Å². The summed E-state index contributed by atoms with van der Waals surface area (Å²) in [6, 6.07) is 1.43. The lowest BCUT2D eigenvalue weighted by molar-refractivity contribution is -0.0558. The number of likely N-dealkylation sites (tertiary alicyclic amines) is 1. The van der Waals surface area contributed by atoms with Crippen LogP contribution in [0.4, 0.5) is 0 Å². The van der Waals surface area contributed by atoms with Crippen molar-refractivity contribution in [3.05, 3.63) is 12.7 Å². The maximum absolute atomic E-state index is 3.91. The molecule has 1 heteroatoms. The van der Waals surface area contributed by atoms with Crippen molar-refractivity contribution >= 4 is 0 Å². The maximum Gasteiger partial charge on any atom is 0.0381 e. The van der Waals surface area contributed by atoms with E-state index in [2.05, 4.69) is 45.2 Å². The third-order valence-corrected chi connectivity index (χ3v) is 3.10. The minimum absolute atomic E-state index is 0.273. The highest BCUT2D eigenvalue weighted by Gasteiger charge is 2.46. The fourth-order valence-corrected chi connectivity index (χ4v) is 2.53. The van der Waals surface area contributed by atoms with Crippen LogP contribution in [-0.2, 0) is 0 Å². The fourth-order valence-electron chi connectivity index (χ4n) is 2.53. The molecule has 1 saturated heterocycles. The molecule has 0 aliphatic carbocycles. The molecule has 12 heavy (non-hydrogen) atoms. The molecule has 1 fully saturated rings. The maximum atomic E-state index is 3.91. The molecule has 2 unspecified atom stereocenters. The Labute approximate surface area is 76.5 Å². The fraction of sp³-hybridized carbons (Fsp3) is 0.818. The molecule has 0 aromatic carbocycles. The average molecular weight is 167 g/mol. The van der Waals surface area contributed by atoms with Crippen molar-refractivity contribution in [2.75, 3.05) is 0 Å². The third kappa shape index (κ3) is 1.31. The molecule has 0 radical (unpaired) electrons. The summed E-state index contributed by atoms with van der Waals surface area (Å²) < 4.78 is 0. The van der Waals surface area contributed by atoms with Gasteiger partial charge in [0.05, 0.1) is 0 Å². The van der Waals surface area contributed by atoms with Gasteiger partial charge in [-0.15, -0.1) is 6.58 Å². The van der Waals surface area contributed by atoms with Crippen molar-refractivity contribution in [3.8, 4) is 0 Å². The van der Waals surface area contributed by atoms with Crippen LogP contribution in [0.1, 0.15) is 40.5 Å². The van der Waals surface area contributed by atoms with Gasteiger partial charge in [-0.05, 0) is 33.6 Å². The van der Waals surface area contributed by atoms with Crippen molar-refractivity contribution in [1.82, 2.24) is 4.90 Å². The van der Waals surface area contributed by atoms with Crippen molar-refractivity contribution in [2.24, 2.45) is 0 Å². The number of rotatable bonds is 3. The van der Waals surface area contributed by atoms with Crippen LogP contribution in [-0.4, -0.2) is 22.5 Å². The molecule has 2 atom stereocenters. The van der Waals surface area contributed by atoms with Gasteiger partial charge in [-0.1, -0.05) is 13.0 Å². The van der Waals surface area contributed by atoms with Crippen LogP contribution in [0.3, 0.4) is 0 Å². The Morgan fingerprint density at radius 3 is 2.58 bits per heavy atom.